The summed E-state index contributed by atoms with van der Waals surface area (Å²) in [6.45, 7) is 0.311. The molecule has 5 heteroatoms. The first-order valence-electron chi connectivity index (χ1n) is 4.42. The van der Waals surface area contributed by atoms with E-state index in [-0.39, 0.29) is 0 Å². The zero-order valence-corrected chi connectivity index (χ0v) is 9.25. The number of para-hydroxylation sites is 1. The number of carbonyl (C=O) groups excluding carboxylic acids is 1. The molecule has 2 N–H and O–H groups in total. The van der Waals surface area contributed by atoms with Gasteiger partial charge in [0.15, 0.2) is 0 Å². The van der Waals surface area contributed by atoms with Crippen LogP contribution < -0.4 is 5.73 Å². The molecule has 0 spiro atoms. The van der Waals surface area contributed by atoms with Crippen LogP contribution in [0.3, 0.4) is 0 Å². The molecule has 0 atom stereocenters. The molecule has 0 aliphatic heterocycles. The Kier molecular flexibility index (Phi) is 4.83. The minimum atomic E-state index is -0.656. The first kappa shape index (κ1) is 11.7. The lowest BCUT2D eigenvalue weighted by atomic mass is 10.3. The third-order valence-corrected chi connectivity index (χ3v) is 2.70. The van der Waals surface area contributed by atoms with Crippen LogP contribution in [0.1, 0.15) is 0 Å². The standard InChI is InChI=1S/C10H13NO3S/c1-13-10(12)14-6-7-15-9-5-3-2-4-8(9)11/h2-5H,6-7,11H2,1H3. The number of ether oxygens (including phenoxy) is 2. The zero-order valence-electron chi connectivity index (χ0n) is 8.43. The molecule has 0 radical (unpaired) electrons. The maximum absolute atomic E-state index is 10.6. The average molecular weight is 227 g/mol. The van der Waals surface area contributed by atoms with Crippen LogP contribution in [0.15, 0.2) is 29.2 Å². The van der Waals surface area contributed by atoms with Crippen molar-refractivity contribution in [2.75, 3.05) is 25.2 Å². The molecular weight excluding hydrogens is 214 g/mol. The van der Waals surface area contributed by atoms with Gasteiger partial charge in [-0.1, -0.05) is 12.1 Å². The Labute approximate surface area is 92.7 Å². The number of hydrogen-bond donors (Lipinski definition) is 1. The largest absolute Gasteiger partial charge is 0.508 e. The number of methoxy groups -OCH3 is 1. The van der Waals surface area contributed by atoms with Crippen molar-refractivity contribution in [1.82, 2.24) is 0 Å². The van der Waals surface area contributed by atoms with Crippen molar-refractivity contribution in [3.05, 3.63) is 24.3 Å². The summed E-state index contributed by atoms with van der Waals surface area (Å²) in [6.07, 6.45) is -0.656. The van der Waals surface area contributed by atoms with Gasteiger partial charge in [-0.3, -0.25) is 0 Å². The van der Waals surface area contributed by atoms with Crippen molar-refractivity contribution in [2.45, 2.75) is 4.90 Å². The molecule has 1 aromatic rings. The van der Waals surface area contributed by atoms with Crippen LogP contribution in [0.2, 0.25) is 0 Å². The second-order valence-corrected chi connectivity index (χ2v) is 3.83. The average Bonchev–Trinajstić information content (AvgIpc) is 2.26. The van der Waals surface area contributed by atoms with Gasteiger partial charge >= 0.3 is 6.16 Å². The third kappa shape index (κ3) is 4.12. The molecule has 0 unspecified atom stereocenters. The number of thioether (sulfide) groups is 1. The van der Waals surface area contributed by atoms with Gasteiger partial charge in [-0.05, 0) is 12.1 Å². The normalized spacial score (nSPS) is 9.67. The van der Waals surface area contributed by atoms with E-state index in [9.17, 15) is 4.79 Å². The smallest absolute Gasteiger partial charge is 0.438 e. The van der Waals surface area contributed by atoms with Gasteiger partial charge in [-0.15, -0.1) is 11.8 Å². The minimum Gasteiger partial charge on any atom is -0.438 e. The Morgan fingerprint density at radius 3 is 2.87 bits per heavy atom. The highest BCUT2D eigenvalue weighted by Gasteiger charge is 2.01. The van der Waals surface area contributed by atoms with Gasteiger partial charge in [0.1, 0.15) is 6.61 Å². The Morgan fingerprint density at radius 1 is 1.47 bits per heavy atom. The maximum Gasteiger partial charge on any atom is 0.508 e. The fourth-order valence-corrected chi connectivity index (χ4v) is 1.74. The molecule has 0 saturated heterocycles. The van der Waals surface area contributed by atoms with E-state index in [1.165, 1.54) is 7.11 Å². The number of nitrogen functional groups attached to an aromatic ring is 1. The molecule has 15 heavy (non-hydrogen) atoms. The van der Waals surface area contributed by atoms with Crippen LogP contribution in [0.25, 0.3) is 0 Å². The predicted octanol–water partition coefficient (Wildman–Crippen LogP) is 2.14. The van der Waals surface area contributed by atoms with Gasteiger partial charge in [-0.25, -0.2) is 4.79 Å². The maximum atomic E-state index is 10.6. The molecular formula is C10H13NO3S. The Morgan fingerprint density at radius 2 is 2.20 bits per heavy atom. The van der Waals surface area contributed by atoms with E-state index < -0.39 is 6.16 Å². The van der Waals surface area contributed by atoms with Gasteiger partial charge < -0.3 is 15.2 Å². The van der Waals surface area contributed by atoms with Crippen LogP contribution >= 0.6 is 11.8 Å². The second-order valence-electron chi connectivity index (χ2n) is 2.69. The second kappa shape index (κ2) is 6.19. The minimum absolute atomic E-state index is 0.311. The Bertz CT molecular complexity index is 330. The molecule has 0 bridgehead atoms. The monoisotopic (exact) mass is 227 g/mol. The molecule has 0 amide bonds. The lowest BCUT2D eigenvalue weighted by Crippen LogP contribution is -2.06. The van der Waals surface area contributed by atoms with E-state index >= 15 is 0 Å². The number of benzene rings is 1. The number of rotatable bonds is 4. The molecule has 82 valence electrons. The topological polar surface area (TPSA) is 61.5 Å². The number of carbonyl (C=O) groups is 1. The molecule has 0 saturated carbocycles. The number of hydrogen-bond acceptors (Lipinski definition) is 5. The number of anilines is 1. The lowest BCUT2D eigenvalue weighted by Gasteiger charge is -2.05. The predicted molar refractivity (Wildman–Crippen MR) is 59.9 cm³/mol. The quantitative estimate of drug-likeness (QED) is 0.369. The Hall–Kier alpha value is -1.36. The SMILES string of the molecule is COC(=O)OCCSc1ccccc1N. The lowest BCUT2D eigenvalue weighted by molar-refractivity contribution is 0.0779. The fraction of sp³-hybridized carbons (Fsp3) is 0.300. The molecule has 0 aromatic heterocycles. The fourth-order valence-electron chi connectivity index (χ4n) is 0.948. The molecule has 0 aliphatic carbocycles. The number of nitrogens with two attached hydrogens (primary N) is 1. The van der Waals surface area contributed by atoms with Gasteiger partial charge in [0.2, 0.25) is 0 Å². The third-order valence-electron chi connectivity index (χ3n) is 1.65. The molecule has 1 aromatic carbocycles. The van der Waals surface area contributed by atoms with E-state index in [1.807, 2.05) is 24.3 Å². The first-order chi connectivity index (χ1) is 7.24. The zero-order chi connectivity index (χ0) is 11.1. The molecule has 0 fully saturated rings. The van der Waals surface area contributed by atoms with Crippen molar-refractivity contribution >= 4 is 23.6 Å². The van der Waals surface area contributed by atoms with E-state index in [2.05, 4.69) is 4.74 Å². The van der Waals surface area contributed by atoms with Crippen LogP contribution in [0.5, 0.6) is 0 Å². The summed E-state index contributed by atoms with van der Waals surface area (Å²) in [5, 5.41) is 0. The van der Waals surface area contributed by atoms with Crippen molar-refractivity contribution in [1.29, 1.82) is 0 Å². The summed E-state index contributed by atoms with van der Waals surface area (Å²) < 4.78 is 9.06. The highest BCUT2D eigenvalue weighted by Crippen LogP contribution is 2.23. The molecule has 0 heterocycles. The summed E-state index contributed by atoms with van der Waals surface area (Å²) in [5.41, 5.74) is 6.47. The van der Waals surface area contributed by atoms with E-state index in [0.717, 1.165) is 10.6 Å². The first-order valence-corrected chi connectivity index (χ1v) is 5.40. The van der Waals surface area contributed by atoms with E-state index in [1.54, 1.807) is 11.8 Å². The molecule has 1 rings (SSSR count). The Balaban J connectivity index is 2.26. The van der Waals surface area contributed by atoms with Gasteiger partial charge in [-0.2, -0.15) is 0 Å². The highest BCUT2D eigenvalue weighted by atomic mass is 32.2. The van der Waals surface area contributed by atoms with Crippen molar-refractivity contribution in [2.24, 2.45) is 0 Å². The van der Waals surface area contributed by atoms with E-state index in [0.29, 0.717) is 12.4 Å². The van der Waals surface area contributed by atoms with Crippen molar-refractivity contribution < 1.29 is 14.3 Å². The molecule has 4 nitrogen and oxygen atoms in total. The van der Waals surface area contributed by atoms with Gasteiger partial charge in [0.05, 0.1) is 7.11 Å². The summed E-state index contributed by atoms with van der Waals surface area (Å²) in [5.74, 6) is 0.656. The summed E-state index contributed by atoms with van der Waals surface area (Å²) in [4.78, 5) is 11.6. The van der Waals surface area contributed by atoms with Gasteiger partial charge in [0, 0.05) is 16.3 Å². The summed E-state index contributed by atoms with van der Waals surface area (Å²) in [7, 11) is 1.28. The summed E-state index contributed by atoms with van der Waals surface area (Å²) >= 11 is 1.54. The van der Waals surface area contributed by atoms with Crippen molar-refractivity contribution in [3.8, 4) is 0 Å². The van der Waals surface area contributed by atoms with Crippen LogP contribution in [0, 0.1) is 0 Å². The van der Waals surface area contributed by atoms with E-state index in [4.69, 9.17) is 10.5 Å². The molecule has 0 aliphatic rings. The van der Waals surface area contributed by atoms with Gasteiger partial charge in [0.25, 0.3) is 0 Å². The van der Waals surface area contributed by atoms with Crippen molar-refractivity contribution in [3.63, 3.8) is 0 Å². The summed E-state index contributed by atoms with van der Waals surface area (Å²) in [6, 6.07) is 7.56. The highest BCUT2D eigenvalue weighted by molar-refractivity contribution is 7.99. The van der Waals surface area contributed by atoms with Crippen LogP contribution in [-0.4, -0.2) is 25.6 Å². The van der Waals surface area contributed by atoms with Crippen LogP contribution in [-0.2, 0) is 9.47 Å². The van der Waals surface area contributed by atoms with Crippen LogP contribution in [0.4, 0.5) is 10.5 Å².